The Hall–Kier alpha value is -1.36. The minimum absolute atomic E-state index is 0.312. The Morgan fingerprint density at radius 3 is 2.95 bits per heavy atom. The minimum Gasteiger partial charge on any atom is -0.486 e. The highest BCUT2D eigenvalue weighted by molar-refractivity contribution is 5.58. The molecule has 5 heteroatoms. The number of nitrogens with zero attached hydrogens (tertiary/aromatic N) is 3. The van der Waals surface area contributed by atoms with Gasteiger partial charge in [0, 0.05) is 13.0 Å². The molecule has 1 aromatic rings. The summed E-state index contributed by atoms with van der Waals surface area (Å²) in [5.41, 5.74) is 1.06. The van der Waals surface area contributed by atoms with Gasteiger partial charge in [-0.15, -0.1) is 0 Å². The van der Waals surface area contributed by atoms with E-state index in [2.05, 4.69) is 18.7 Å². The number of aryl methyl sites for hydroxylation is 2. The molecule has 0 N–H and O–H groups in total. The third-order valence-electron chi connectivity index (χ3n) is 4.81. The zero-order chi connectivity index (χ0) is 14.4. The van der Waals surface area contributed by atoms with Gasteiger partial charge in [0.05, 0.1) is 23.9 Å². The van der Waals surface area contributed by atoms with Crippen molar-refractivity contribution in [1.29, 1.82) is 0 Å². The lowest BCUT2D eigenvalue weighted by Gasteiger charge is -2.44. The van der Waals surface area contributed by atoms with Gasteiger partial charge in [-0.25, -0.2) is 9.97 Å². The second-order valence-electron chi connectivity index (χ2n) is 6.25. The van der Waals surface area contributed by atoms with Crippen molar-refractivity contribution >= 4 is 5.82 Å². The fraction of sp³-hybridized carbons (Fsp3) is 0.750. The number of aromatic nitrogens is 2. The topological polar surface area (TPSA) is 47.5 Å². The molecular formula is C16H23N3O2. The summed E-state index contributed by atoms with van der Waals surface area (Å²) in [5, 5.41) is 0. The van der Waals surface area contributed by atoms with Crippen molar-refractivity contribution in [2.24, 2.45) is 0 Å². The first-order valence-electron chi connectivity index (χ1n) is 8.24. The summed E-state index contributed by atoms with van der Waals surface area (Å²) in [6.45, 7) is 5.95. The van der Waals surface area contributed by atoms with E-state index in [9.17, 15) is 0 Å². The van der Waals surface area contributed by atoms with Gasteiger partial charge in [0.1, 0.15) is 12.4 Å². The van der Waals surface area contributed by atoms with E-state index in [4.69, 9.17) is 19.4 Å². The number of fused-ring (bicyclic) bond motifs is 6. The Morgan fingerprint density at radius 1 is 1.24 bits per heavy atom. The standard InChI is InChI=1S/C16H23N3O2/c1-3-5-14-17-11(4-2)15-16(18-14)19-8-10-6-7-13(21-10)12(19)9-20-15/h10,12-13H,3-9H2,1-2H3. The van der Waals surface area contributed by atoms with Crippen molar-refractivity contribution in [2.45, 2.75) is 64.2 Å². The summed E-state index contributed by atoms with van der Waals surface area (Å²) in [4.78, 5) is 12.0. The Bertz CT molecular complexity index is 549. The van der Waals surface area contributed by atoms with E-state index in [1.807, 2.05) is 0 Å². The largest absolute Gasteiger partial charge is 0.486 e. The van der Waals surface area contributed by atoms with Crippen LogP contribution >= 0.6 is 0 Å². The second kappa shape index (κ2) is 5.13. The third-order valence-corrected chi connectivity index (χ3v) is 4.81. The van der Waals surface area contributed by atoms with Crippen LogP contribution in [0.2, 0.25) is 0 Å². The van der Waals surface area contributed by atoms with Gasteiger partial charge in [-0.1, -0.05) is 13.8 Å². The van der Waals surface area contributed by atoms with E-state index in [1.54, 1.807) is 0 Å². The molecule has 21 heavy (non-hydrogen) atoms. The molecule has 2 saturated heterocycles. The van der Waals surface area contributed by atoms with Gasteiger partial charge in [0.15, 0.2) is 11.6 Å². The predicted molar refractivity (Wildman–Crippen MR) is 79.9 cm³/mol. The smallest absolute Gasteiger partial charge is 0.183 e. The van der Waals surface area contributed by atoms with E-state index in [0.717, 1.165) is 55.3 Å². The first kappa shape index (κ1) is 13.3. The van der Waals surface area contributed by atoms with E-state index in [0.29, 0.717) is 24.9 Å². The van der Waals surface area contributed by atoms with E-state index in [1.165, 1.54) is 6.42 Å². The average molecular weight is 289 g/mol. The summed E-state index contributed by atoms with van der Waals surface area (Å²) in [7, 11) is 0. The zero-order valence-electron chi connectivity index (χ0n) is 12.8. The molecule has 0 saturated carbocycles. The molecule has 4 heterocycles. The highest BCUT2D eigenvalue weighted by atomic mass is 16.5. The number of hydrogen-bond donors (Lipinski definition) is 0. The fourth-order valence-electron chi connectivity index (χ4n) is 3.77. The first-order chi connectivity index (χ1) is 10.3. The van der Waals surface area contributed by atoms with Crippen LogP contribution in [-0.4, -0.2) is 41.4 Å². The van der Waals surface area contributed by atoms with E-state index in [-0.39, 0.29) is 0 Å². The number of hydrogen-bond acceptors (Lipinski definition) is 5. The van der Waals surface area contributed by atoms with Crippen LogP contribution in [0.5, 0.6) is 5.75 Å². The summed E-state index contributed by atoms with van der Waals surface area (Å²) < 4.78 is 12.1. The number of rotatable bonds is 3. The average Bonchev–Trinajstić information content (AvgIpc) is 2.89. The molecule has 3 unspecified atom stereocenters. The van der Waals surface area contributed by atoms with Crippen LogP contribution < -0.4 is 9.64 Å². The molecule has 0 aliphatic carbocycles. The van der Waals surface area contributed by atoms with Crippen molar-refractivity contribution in [3.05, 3.63) is 11.5 Å². The SMILES string of the molecule is CCCc1nc(CC)c2c(n1)N1CC3CCC(O3)C1CO2. The van der Waals surface area contributed by atoms with E-state index >= 15 is 0 Å². The molecule has 3 atom stereocenters. The first-order valence-corrected chi connectivity index (χ1v) is 8.24. The van der Waals surface area contributed by atoms with Crippen molar-refractivity contribution in [3.63, 3.8) is 0 Å². The molecule has 0 amide bonds. The van der Waals surface area contributed by atoms with Gasteiger partial charge < -0.3 is 14.4 Å². The lowest BCUT2D eigenvalue weighted by Crippen LogP contribution is -2.56. The Kier molecular flexibility index (Phi) is 3.25. The van der Waals surface area contributed by atoms with Gasteiger partial charge in [0.2, 0.25) is 0 Å². The lowest BCUT2D eigenvalue weighted by atomic mass is 10.1. The van der Waals surface area contributed by atoms with Crippen LogP contribution in [0.1, 0.15) is 44.6 Å². The second-order valence-corrected chi connectivity index (χ2v) is 6.25. The number of morpholine rings is 1. The van der Waals surface area contributed by atoms with Gasteiger partial charge in [-0.05, 0) is 25.7 Å². The lowest BCUT2D eigenvalue weighted by molar-refractivity contribution is -0.0106. The molecule has 3 aliphatic heterocycles. The molecule has 0 aromatic carbocycles. The zero-order valence-corrected chi connectivity index (χ0v) is 12.8. The summed E-state index contributed by atoms with van der Waals surface area (Å²) in [6.07, 6.45) is 5.89. The molecule has 3 aliphatic rings. The normalized spacial score (nSPS) is 29.8. The number of ether oxygens (including phenoxy) is 2. The molecule has 2 bridgehead atoms. The van der Waals surface area contributed by atoms with Gasteiger partial charge >= 0.3 is 0 Å². The quantitative estimate of drug-likeness (QED) is 0.853. The summed E-state index contributed by atoms with van der Waals surface area (Å²) >= 11 is 0. The summed E-state index contributed by atoms with van der Waals surface area (Å²) in [5.74, 6) is 2.88. The van der Waals surface area contributed by atoms with Crippen molar-refractivity contribution in [1.82, 2.24) is 9.97 Å². The maximum atomic E-state index is 6.05. The molecule has 0 radical (unpaired) electrons. The molecular weight excluding hydrogens is 266 g/mol. The van der Waals surface area contributed by atoms with E-state index < -0.39 is 0 Å². The molecule has 0 spiro atoms. The predicted octanol–water partition coefficient (Wildman–Crippen LogP) is 2.12. The van der Waals surface area contributed by atoms with Gasteiger partial charge in [-0.3, -0.25) is 0 Å². The number of anilines is 1. The van der Waals surface area contributed by atoms with Gasteiger partial charge in [-0.2, -0.15) is 0 Å². The van der Waals surface area contributed by atoms with Crippen LogP contribution in [0.4, 0.5) is 5.82 Å². The van der Waals surface area contributed by atoms with Crippen LogP contribution in [0.15, 0.2) is 0 Å². The van der Waals surface area contributed by atoms with Crippen LogP contribution in [0, 0.1) is 0 Å². The maximum Gasteiger partial charge on any atom is 0.183 e. The van der Waals surface area contributed by atoms with Crippen LogP contribution in [0.25, 0.3) is 0 Å². The Morgan fingerprint density at radius 2 is 2.14 bits per heavy atom. The van der Waals surface area contributed by atoms with Crippen LogP contribution in [0.3, 0.4) is 0 Å². The van der Waals surface area contributed by atoms with Gasteiger partial charge in [0.25, 0.3) is 0 Å². The molecule has 4 rings (SSSR count). The molecule has 1 aromatic heterocycles. The van der Waals surface area contributed by atoms with Crippen molar-refractivity contribution in [2.75, 3.05) is 18.1 Å². The maximum absolute atomic E-state index is 6.05. The minimum atomic E-state index is 0.312. The highest BCUT2D eigenvalue weighted by Gasteiger charge is 2.45. The monoisotopic (exact) mass is 289 g/mol. The van der Waals surface area contributed by atoms with Crippen LogP contribution in [-0.2, 0) is 17.6 Å². The Labute approximate surface area is 125 Å². The van der Waals surface area contributed by atoms with Crippen molar-refractivity contribution < 1.29 is 9.47 Å². The Balaban J connectivity index is 1.76. The highest BCUT2D eigenvalue weighted by Crippen LogP contribution is 2.41. The molecule has 2 fully saturated rings. The molecule has 5 nitrogen and oxygen atoms in total. The summed E-state index contributed by atoms with van der Waals surface area (Å²) in [6, 6.07) is 0.324. The van der Waals surface area contributed by atoms with Crippen molar-refractivity contribution in [3.8, 4) is 5.75 Å². The fourth-order valence-corrected chi connectivity index (χ4v) is 3.77. The molecule has 114 valence electrons. The third kappa shape index (κ3) is 2.09.